The van der Waals surface area contributed by atoms with Gasteiger partial charge in [-0.1, -0.05) is 18.5 Å². The monoisotopic (exact) mass is 316 g/mol. The maximum absolute atomic E-state index is 12.6. The molecule has 2 unspecified atom stereocenters. The lowest BCUT2D eigenvalue weighted by molar-refractivity contribution is 0.0532. The molecule has 3 nitrogen and oxygen atoms in total. The van der Waals surface area contributed by atoms with E-state index >= 15 is 0 Å². The van der Waals surface area contributed by atoms with Crippen molar-refractivity contribution in [3.05, 3.63) is 34.3 Å². The van der Waals surface area contributed by atoms with Crippen molar-refractivity contribution in [3.8, 4) is 0 Å². The maximum Gasteiger partial charge on any atom is 0.254 e. The van der Waals surface area contributed by atoms with E-state index in [2.05, 4.69) is 6.92 Å². The number of benzene rings is 1. The highest BCUT2D eigenvalue weighted by atomic mass is 35.5. The van der Waals surface area contributed by atoms with Gasteiger partial charge in [0.05, 0.1) is 0 Å². The van der Waals surface area contributed by atoms with Crippen molar-refractivity contribution in [2.45, 2.75) is 32.7 Å². The van der Waals surface area contributed by atoms with E-state index in [1.54, 1.807) is 12.1 Å². The molecule has 2 rings (SSSR count). The molecule has 0 saturated carbocycles. The van der Waals surface area contributed by atoms with Gasteiger partial charge in [0, 0.05) is 29.7 Å². The Morgan fingerprint density at radius 3 is 2.80 bits per heavy atom. The van der Waals surface area contributed by atoms with Crippen LogP contribution in [0.3, 0.4) is 0 Å². The number of halogens is 2. The fourth-order valence-electron chi connectivity index (χ4n) is 2.80. The molecular weight excluding hydrogens is 295 g/mol. The number of carbonyl (C=O) groups is 1. The average molecular weight is 317 g/mol. The van der Waals surface area contributed by atoms with E-state index in [0.29, 0.717) is 23.0 Å². The van der Waals surface area contributed by atoms with Crippen LogP contribution in [0.25, 0.3) is 0 Å². The van der Waals surface area contributed by atoms with Crippen LogP contribution >= 0.6 is 24.0 Å². The summed E-state index contributed by atoms with van der Waals surface area (Å²) in [6.07, 6.45) is 2.20. The maximum atomic E-state index is 12.6. The number of nitrogens with zero attached hydrogens (tertiary/aromatic N) is 1. The number of carbonyl (C=O) groups excluding carboxylic acids is 1. The minimum Gasteiger partial charge on any atom is -0.334 e. The Morgan fingerprint density at radius 1 is 1.50 bits per heavy atom. The topological polar surface area (TPSA) is 46.3 Å². The highest BCUT2D eigenvalue weighted by Gasteiger charge is 2.31. The molecule has 112 valence electrons. The van der Waals surface area contributed by atoms with Crippen molar-refractivity contribution in [3.63, 3.8) is 0 Å². The van der Waals surface area contributed by atoms with E-state index in [0.717, 1.165) is 24.9 Å². The van der Waals surface area contributed by atoms with Gasteiger partial charge in [-0.15, -0.1) is 12.4 Å². The van der Waals surface area contributed by atoms with Gasteiger partial charge in [-0.05, 0) is 49.4 Å². The molecule has 1 fully saturated rings. The van der Waals surface area contributed by atoms with Gasteiger partial charge in [-0.25, -0.2) is 0 Å². The number of hydrogen-bond acceptors (Lipinski definition) is 2. The lowest BCUT2D eigenvalue weighted by atomic mass is 9.90. The Kier molecular flexibility index (Phi) is 6.31. The van der Waals surface area contributed by atoms with Crippen molar-refractivity contribution < 1.29 is 4.79 Å². The number of likely N-dealkylation sites (tertiary alicyclic amines) is 1. The Bertz CT molecular complexity index is 479. The zero-order valence-corrected chi connectivity index (χ0v) is 13.5. The second-order valence-electron chi connectivity index (χ2n) is 5.39. The summed E-state index contributed by atoms with van der Waals surface area (Å²) in [4.78, 5) is 14.5. The summed E-state index contributed by atoms with van der Waals surface area (Å²) in [6, 6.07) is 5.59. The molecule has 5 heteroatoms. The molecule has 1 amide bonds. The van der Waals surface area contributed by atoms with Crippen molar-refractivity contribution in [2.75, 3.05) is 13.1 Å². The van der Waals surface area contributed by atoms with Gasteiger partial charge < -0.3 is 10.6 Å². The fourth-order valence-corrected chi connectivity index (χ4v) is 2.92. The van der Waals surface area contributed by atoms with Crippen LogP contribution in [0.5, 0.6) is 0 Å². The second-order valence-corrected chi connectivity index (χ2v) is 5.79. The van der Waals surface area contributed by atoms with E-state index in [-0.39, 0.29) is 24.4 Å². The summed E-state index contributed by atoms with van der Waals surface area (Å²) in [5.41, 5.74) is 7.47. The van der Waals surface area contributed by atoms with E-state index < -0.39 is 0 Å². The average Bonchev–Trinajstić information content (AvgIpc) is 2.40. The summed E-state index contributed by atoms with van der Waals surface area (Å²) in [6.45, 7) is 5.41. The summed E-state index contributed by atoms with van der Waals surface area (Å²) < 4.78 is 0. The molecule has 1 saturated heterocycles. The SMILES string of the molecule is Cc1cc(C(=O)N2CCCC(C)C2CN)ccc1Cl.Cl. The van der Waals surface area contributed by atoms with E-state index in [9.17, 15) is 4.79 Å². The Labute approximate surface area is 131 Å². The largest absolute Gasteiger partial charge is 0.334 e. The first-order chi connectivity index (χ1) is 9.04. The number of hydrogen-bond donors (Lipinski definition) is 1. The summed E-state index contributed by atoms with van der Waals surface area (Å²) >= 11 is 6.01. The molecule has 0 bridgehead atoms. The summed E-state index contributed by atoms with van der Waals surface area (Å²) in [7, 11) is 0. The predicted molar refractivity (Wildman–Crippen MR) is 85.7 cm³/mol. The van der Waals surface area contributed by atoms with Crippen LogP contribution in [0.4, 0.5) is 0 Å². The molecule has 0 spiro atoms. The molecule has 0 aromatic heterocycles. The summed E-state index contributed by atoms with van der Waals surface area (Å²) in [5, 5.41) is 0.693. The molecule has 0 radical (unpaired) electrons. The highest BCUT2D eigenvalue weighted by Crippen LogP contribution is 2.25. The smallest absolute Gasteiger partial charge is 0.254 e. The molecule has 2 N–H and O–H groups in total. The standard InChI is InChI=1S/C15H21ClN2O.ClH/c1-10-4-3-7-18(14(10)9-17)15(19)12-5-6-13(16)11(2)8-12;/h5-6,8,10,14H,3-4,7,9,17H2,1-2H3;1H. The minimum absolute atomic E-state index is 0. The third kappa shape index (κ3) is 3.46. The first kappa shape index (κ1) is 17.3. The lowest BCUT2D eigenvalue weighted by Gasteiger charge is -2.39. The zero-order valence-electron chi connectivity index (χ0n) is 11.9. The minimum atomic E-state index is 0. The van der Waals surface area contributed by atoms with Crippen LogP contribution in [0.15, 0.2) is 18.2 Å². The molecule has 1 aromatic carbocycles. The van der Waals surface area contributed by atoms with Crippen LogP contribution in [0.2, 0.25) is 5.02 Å². The van der Waals surface area contributed by atoms with Crippen molar-refractivity contribution in [2.24, 2.45) is 11.7 Å². The van der Waals surface area contributed by atoms with E-state index in [4.69, 9.17) is 17.3 Å². The van der Waals surface area contributed by atoms with Crippen molar-refractivity contribution in [1.29, 1.82) is 0 Å². The molecule has 2 atom stereocenters. The first-order valence-electron chi connectivity index (χ1n) is 6.81. The number of aryl methyl sites for hydroxylation is 1. The Balaban J connectivity index is 0.00000200. The first-order valence-corrected chi connectivity index (χ1v) is 7.19. The predicted octanol–water partition coefficient (Wildman–Crippen LogP) is 3.27. The Hall–Kier alpha value is -0.770. The van der Waals surface area contributed by atoms with Crippen LogP contribution in [0.1, 0.15) is 35.7 Å². The van der Waals surface area contributed by atoms with Gasteiger partial charge in [0.25, 0.3) is 5.91 Å². The quantitative estimate of drug-likeness (QED) is 0.910. The third-order valence-corrected chi connectivity index (χ3v) is 4.45. The molecular formula is C15H22Cl2N2O. The molecule has 1 aliphatic rings. The molecule has 20 heavy (non-hydrogen) atoms. The number of rotatable bonds is 2. The third-order valence-electron chi connectivity index (χ3n) is 4.02. The van der Waals surface area contributed by atoms with Gasteiger partial charge in [0.1, 0.15) is 0 Å². The van der Waals surface area contributed by atoms with Gasteiger partial charge in [-0.3, -0.25) is 4.79 Å². The summed E-state index contributed by atoms with van der Waals surface area (Å²) in [5.74, 6) is 0.540. The highest BCUT2D eigenvalue weighted by molar-refractivity contribution is 6.31. The van der Waals surface area contributed by atoms with Gasteiger partial charge >= 0.3 is 0 Å². The molecule has 1 aromatic rings. The second kappa shape index (κ2) is 7.30. The lowest BCUT2D eigenvalue weighted by Crippen LogP contribution is -2.51. The molecule has 1 aliphatic heterocycles. The van der Waals surface area contributed by atoms with Crippen molar-refractivity contribution >= 4 is 29.9 Å². The van der Waals surface area contributed by atoms with E-state index in [1.165, 1.54) is 0 Å². The number of nitrogens with two attached hydrogens (primary N) is 1. The number of piperidine rings is 1. The van der Waals surface area contributed by atoms with Crippen molar-refractivity contribution in [1.82, 2.24) is 4.90 Å². The number of amides is 1. The van der Waals surface area contributed by atoms with Crippen LogP contribution in [-0.2, 0) is 0 Å². The Morgan fingerprint density at radius 2 is 2.20 bits per heavy atom. The van der Waals surface area contributed by atoms with Crippen LogP contribution in [0, 0.1) is 12.8 Å². The van der Waals surface area contributed by atoms with Crippen LogP contribution < -0.4 is 5.73 Å². The van der Waals surface area contributed by atoms with Gasteiger partial charge in [0.2, 0.25) is 0 Å². The van der Waals surface area contributed by atoms with Crippen LogP contribution in [-0.4, -0.2) is 29.9 Å². The fraction of sp³-hybridized carbons (Fsp3) is 0.533. The van der Waals surface area contributed by atoms with E-state index in [1.807, 2.05) is 17.9 Å². The molecule has 1 heterocycles. The zero-order chi connectivity index (χ0) is 14.0. The normalized spacial score (nSPS) is 22.3. The molecule has 0 aliphatic carbocycles. The van der Waals surface area contributed by atoms with Gasteiger partial charge in [-0.2, -0.15) is 0 Å². The van der Waals surface area contributed by atoms with Gasteiger partial charge in [0.15, 0.2) is 0 Å².